The zero-order chi connectivity index (χ0) is 17.2. The SMILES string of the molecule is CCOc1cccc(-c2nn3c(-c4cccc(OC)c4)nnc3s2)c1. The first kappa shape index (κ1) is 15.6. The molecule has 126 valence electrons. The third-order valence-electron chi connectivity index (χ3n) is 3.71. The van der Waals surface area contributed by atoms with E-state index in [9.17, 15) is 0 Å². The van der Waals surface area contributed by atoms with E-state index >= 15 is 0 Å². The average Bonchev–Trinajstić information content (AvgIpc) is 3.23. The zero-order valence-corrected chi connectivity index (χ0v) is 14.7. The van der Waals surface area contributed by atoms with Crippen molar-refractivity contribution in [2.24, 2.45) is 0 Å². The molecule has 25 heavy (non-hydrogen) atoms. The van der Waals surface area contributed by atoms with Crippen LogP contribution in [0.1, 0.15) is 6.92 Å². The Labute approximate surface area is 148 Å². The molecule has 6 nitrogen and oxygen atoms in total. The van der Waals surface area contributed by atoms with E-state index in [0.29, 0.717) is 12.4 Å². The first-order chi connectivity index (χ1) is 12.3. The number of ether oxygens (including phenoxy) is 2. The molecule has 0 spiro atoms. The van der Waals surface area contributed by atoms with Gasteiger partial charge < -0.3 is 9.47 Å². The van der Waals surface area contributed by atoms with Crippen LogP contribution in [0.4, 0.5) is 0 Å². The zero-order valence-electron chi connectivity index (χ0n) is 13.8. The predicted octanol–water partition coefficient (Wildman–Crippen LogP) is 3.93. The topological polar surface area (TPSA) is 61.5 Å². The summed E-state index contributed by atoms with van der Waals surface area (Å²) in [7, 11) is 1.64. The normalized spacial score (nSPS) is 11.0. The Morgan fingerprint density at radius 3 is 2.56 bits per heavy atom. The number of rotatable bonds is 5. The molecule has 2 aromatic heterocycles. The number of hydrogen-bond acceptors (Lipinski definition) is 6. The fourth-order valence-corrected chi connectivity index (χ4v) is 3.40. The van der Waals surface area contributed by atoms with Gasteiger partial charge in [-0.1, -0.05) is 35.6 Å². The lowest BCUT2D eigenvalue weighted by Crippen LogP contribution is -1.93. The largest absolute Gasteiger partial charge is 0.497 e. The number of benzene rings is 2. The lowest BCUT2D eigenvalue weighted by atomic mass is 10.2. The van der Waals surface area contributed by atoms with Gasteiger partial charge in [0.2, 0.25) is 4.96 Å². The molecule has 0 N–H and O–H groups in total. The summed E-state index contributed by atoms with van der Waals surface area (Å²) in [6.45, 7) is 2.60. The summed E-state index contributed by atoms with van der Waals surface area (Å²) in [5.41, 5.74) is 1.91. The highest BCUT2D eigenvalue weighted by Gasteiger charge is 2.15. The Bertz CT molecular complexity index is 1020. The standard InChI is InChI=1S/C18H16N4O2S/c1-3-24-15-9-5-7-13(11-15)17-21-22-16(19-20-18(22)25-17)12-6-4-8-14(10-12)23-2/h4-11H,3H2,1-2H3. The third-order valence-corrected chi connectivity index (χ3v) is 4.66. The summed E-state index contributed by atoms with van der Waals surface area (Å²) < 4.78 is 12.6. The van der Waals surface area contributed by atoms with Crippen molar-refractivity contribution >= 4 is 16.3 Å². The summed E-state index contributed by atoms with van der Waals surface area (Å²) in [4.78, 5) is 0.745. The molecular formula is C18H16N4O2S. The van der Waals surface area contributed by atoms with Crippen molar-refractivity contribution < 1.29 is 9.47 Å². The molecular weight excluding hydrogens is 336 g/mol. The van der Waals surface area contributed by atoms with Crippen LogP contribution in [-0.2, 0) is 0 Å². The fraction of sp³-hybridized carbons (Fsp3) is 0.167. The molecule has 0 bridgehead atoms. The highest BCUT2D eigenvalue weighted by Crippen LogP contribution is 2.30. The van der Waals surface area contributed by atoms with Crippen LogP contribution in [0.3, 0.4) is 0 Å². The van der Waals surface area contributed by atoms with E-state index in [4.69, 9.17) is 9.47 Å². The second-order valence-corrected chi connectivity index (χ2v) is 6.27. The van der Waals surface area contributed by atoms with E-state index in [0.717, 1.165) is 32.6 Å². The average molecular weight is 352 g/mol. The van der Waals surface area contributed by atoms with Crippen molar-refractivity contribution in [3.8, 4) is 33.5 Å². The van der Waals surface area contributed by atoms with Crippen LogP contribution in [0.2, 0.25) is 0 Å². The molecule has 0 radical (unpaired) electrons. The molecule has 2 heterocycles. The molecule has 0 saturated heterocycles. The van der Waals surface area contributed by atoms with E-state index in [-0.39, 0.29) is 0 Å². The monoisotopic (exact) mass is 352 g/mol. The minimum atomic E-state index is 0.633. The third kappa shape index (κ3) is 2.94. The lowest BCUT2D eigenvalue weighted by molar-refractivity contribution is 0.340. The van der Waals surface area contributed by atoms with Crippen molar-refractivity contribution in [1.29, 1.82) is 0 Å². The number of nitrogens with zero attached hydrogens (tertiary/aromatic N) is 4. The molecule has 0 saturated carbocycles. The molecule has 0 amide bonds. The van der Waals surface area contributed by atoms with Crippen molar-refractivity contribution in [3.05, 3.63) is 48.5 Å². The number of hydrogen-bond donors (Lipinski definition) is 0. The van der Waals surface area contributed by atoms with Crippen molar-refractivity contribution in [2.75, 3.05) is 13.7 Å². The van der Waals surface area contributed by atoms with E-state index in [2.05, 4.69) is 15.3 Å². The molecule has 0 fully saturated rings. The highest BCUT2D eigenvalue weighted by atomic mass is 32.1. The van der Waals surface area contributed by atoms with Crippen LogP contribution in [-0.4, -0.2) is 33.5 Å². The summed E-state index contributed by atoms with van der Waals surface area (Å²) in [6.07, 6.45) is 0. The quantitative estimate of drug-likeness (QED) is 0.545. The molecule has 0 unspecified atom stereocenters. The minimum absolute atomic E-state index is 0.633. The van der Waals surface area contributed by atoms with Crippen molar-refractivity contribution in [3.63, 3.8) is 0 Å². The molecule has 2 aromatic carbocycles. The summed E-state index contributed by atoms with van der Waals surface area (Å²) >= 11 is 1.49. The molecule has 4 aromatic rings. The fourth-order valence-electron chi connectivity index (χ4n) is 2.56. The maximum atomic E-state index is 5.57. The molecule has 0 aliphatic rings. The summed E-state index contributed by atoms with van der Waals surface area (Å²) in [6, 6.07) is 15.6. The Kier molecular flexibility index (Phi) is 4.07. The number of fused-ring (bicyclic) bond motifs is 1. The first-order valence-electron chi connectivity index (χ1n) is 7.88. The second-order valence-electron chi connectivity index (χ2n) is 5.32. The smallest absolute Gasteiger partial charge is 0.235 e. The van der Waals surface area contributed by atoms with Crippen molar-refractivity contribution in [1.82, 2.24) is 19.8 Å². The van der Waals surface area contributed by atoms with Gasteiger partial charge in [0, 0.05) is 11.1 Å². The molecule has 0 atom stereocenters. The van der Waals surface area contributed by atoms with Gasteiger partial charge in [-0.15, -0.1) is 10.2 Å². The van der Waals surface area contributed by atoms with Crippen LogP contribution in [0, 0.1) is 0 Å². The second kappa shape index (κ2) is 6.52. The summed E-state index contributed by atoms with van der Waals surface area (Å²) in [5, 5.41) is 14.1. The first-order valence-corrected chi connectivity index (χ1v) is 8.70. The van der Waals surface area contributed by atoms with E-state index in [1.165, 1.54) is 11.3 Å². The van der Waals surface area contributed by atoms with Crippen LogP contribution >= 0.6 is 11.3 Å². The van der Waals surface area contributed by atoms with E-state index in [1.807, 2.05) is 55.5 Å². The number of methoxy groups -OCH3 is 1. The Morgan fingerprint density at radius 1 is 1.00 bits per heavy atom. The Balaban J connectivity index is 1.77. The van der Waals surface area contributed by atoms with Crippen LogP contribution in [0.15, 0.2) is 48.5 Å². The summed E-state index contributed by atoms with van der Waals surface area (Å²) in [5.74, 6) is 2.30. The van der Waals surface area contributed by atoms with Gasteiger partial charge in [0.15, 0.2) is 5.82 Å². The van der Waals surface area contributed by atoms with Crippen molar-refractivity contribution in [2.45, 2.75) is 6.92 Å². The maximum Gasteiger partial charge on any atom is 0.235 e. The molecule has 0 aliphatic heterocycles. The number of aromatic nitrogens is 4. The van der Waals surface area contributed by atoms with Crippen LogP contribution < -0.4 is 9.47 Å². The van der Waals surface area contributed by atoms with Gasteiger partial charge >= 0.3 is 0 Å². The maximum absolute atomic E-state index is 5.57. The van der Waals surface area contributed by atoms with Crippen LogP contribution in [0.5, 0.6) is 11.5 Å². The van der Waals surface area contributed by atoms with Gasteiger partial charge in [0.05, 0.1) is 13.7 Å². The van der Waals surface area contributed by atoms with Gasteiger partial charge in [-0.25, -0.2) is 0 Å². The van der Waals surface area contributed by atoms with E-state index in [1.54, 1.807) is 11.6 Å². The predicted molar refractivity (Wildman–Crippen MR) is 97.3 cm³/mol. The van der Waals surface area contributed by atoms with E-state index < -0.39 is 0 Å². The molecule has 4 rings (SSSR count). The highest BCUT2D eigenvalue weighted by molar-refractivity contribution is 7.19. The molecule has 0 aliphatic carbocycles. The van der Waals surface area contributed by atoms with Gasteiger partial charge in [0.25, 0.3) is 0 Å². The van der Waals surface area contributed by atoms with Gasteiger partial charge in [-0.05, 0) is 31.2 Å². The molecule has 7 heteroatoms. The van der Waals surface area contributed by atoms with Gasteiger partial charge in [-0.3, -0.25) is 0 Å². The lowest BCUT2D eigenvalue weighted by Gasteiger charge is -2.03. The minimum Gasteiger partial charge on any atom is -0.497 e. The van der Waals surface area contributed by atoms with Gasteiger partial charge in [0.1, 0.15) is 16.5 Å². The Hall–Kier alpha value is -2.93. The Morgan fingerprint density at radius 2 is 1.76 bits per heavy atom. The van der Waals surface area contributed by atoms with Gasteiger partial charge in [-0.2, -0.15) is 9.61 Å². The van der Waals surface area contributed by atoms with Crippen LogP contribution in [0.25, 0.3) is 26.9 Å².